The summed E-state index contributed by atoms with van der Waals surface area (Å²) in [5.41, 5.74) is 1.01. The van der Waals surface area contributed by atoms with Gasteiger partial charge in [-0.3, -0.25) is 4.90 Å². The molecule has 104 valence electrons. The summed E-state index contributed by atoms with van der Waals surface area (Å²) < 4.78 is 19.1. The summed E-state index contributed by atoms with van der Waals surface area (Å²) in [4.78, 5) is 2.46. The van der Waals surface area contributed by atoms with Crippen molar-refractivity contribution in [2.75, 3.05) is 26.7 Å². The van der Waals surface area contributed by atoms with Crippen LogP contribution in [0.4, 0.5) is 4.39 Å². The molecule has 0 aliphatic carbocycles. The van der Waals surface area contributed by atoms with Crippen LogP contribution in [0.25, 0.3) is 0 Å². The largest absolute Gasteiger partial charge is 0.488 e. The number of likely N-dealkylation sites (tertiary alicyclic amines) is 1. The van der Waals surface area contributed by atoms with Gasteiger partial charge in [0.1, 0.15) is 17.7 Å². The SMILES string of the molecule is CNC1CCCN(CC2Cc3cc(F)ccc3O2)C1. The van der Waals surface area contributed by atoms with Gasteiger partial charge in [0.15, 0.2) is 0 Å². The second kappa shape index (κ2) is 5.47. The van der Waals surface area contributed by atoms with Crippen LogP contribution >= 0.6 is 0 Å². The third-order valence-corrected chi connectivity index (χ3v) is 4.14. The highest BCUT2D eigenvalue weighted by molar-refractivity contribution is 5.37. The zero-order valence-electron chi connectivity index (χ0n) is 11.4. The van der Waals surface area contributed by atoms with Crippen LogP contribution < -0.4 is 10.1 Å². The molecule has 2 aliphatic heterocycles. The minimum absolute atomic E-state index is 0.170. The van der Waals surface area contributed by atoms with Crippen LogP contribution in [0.2, 0.25) is 0 Å². The molecule has 1 aromatic carbocycles. The predicted molar refractivity (Wildman–Crippen MR) is 73.0 cm³/mol. The number of nitrogens with zero attached hydrogens (tertiary/aromatic N) is 1. The zero-order chi connectivity index (χ0) is 13.2. The van der Waals surface area contributed by atoms with Gasteiger partial charge < -0.3 is 10.1 Å². The van der Waals surface area contributed by atoms with Gasteiger partial charge in [0, 0.05) is 31.1 Å². The van der Waals surface area contributed by atoms with Gasteiger partial charge in [-0.25, -0.2) is 4.39 Å². The third-order valence-electron chi connectivity index (χ3n) is 4.14. The molecule has 1 N–H and O–H groups in total. The minimum atomic E-state index is -0.170. The molecule has 0 spiro atoms. The van der Waals surface area contributed by atoms with E-state index in [2.05, 4.69) is 10.2 Å². The second-order valence-electron chi connectivity index (χ2n) is 5.58. The van der Waals surface area contributed by atoms with Crippen molar-refractivity contribution in [3.8, 4) is 5.75 Å². The van der Waals surface area contributed by atoms with Gasteiger partial charge in [0.2, 0.25) is 0 Å². The standard InChI is InChI=1S/C15H21FN2O/c1-17-13-3-2-6-18(9-13)10-14-8-11-7-12(16)4-5-15(11)19-14/h4-5,7,13-14,17H,2-3,6,8-10H2,1H3. The molecule has 19 heavy (non-hydrogen) atoms. The van der Waals surface area contributed by atoms with E-state index in [-0.39, 0.29) is 11.9 Å². The van der Waals surface area contributed by atoms with E-state index in [4.69, 9.17) is 4.74 Å². The molecule has 1 fully saturated rings. The maximum atomic E-state index is 13.2. The number of piperidine rings is 1. The van der Waals surface area contributed by atoms with Crippen LogP contribution in [0.1, 0.15) is 18.4 Å². The van der Waals surface area contributed by atoms with Gasteiger partial charge in [-0.1, -0.05) is 0 Å². The van der Waals surface area contributed by atoms with Gasteiger partial charge in [-0.05, 0) is 44.6 Å². The van der Waals surface area contributed by atoms with Crippen molar-refractivity contribution in [1.29, 1.82) is 0 Å². The number of halogens is 1. The quantitative estimate of drug-likeness (QED) is 0.901. The number of ether oxygens (including phenoxy) is 1. The molecular formula is C15H21FN2O. The lowest BCUT2D eigenvalue weighted by Gasteiger charge is -2.33. The maximum Gasteiger partial charge on any atom is 0.123 e. The maximum absolute atomic E-state index is 13.2. The summed E-state index contributed by atoms with van der Waals surface area (Å²) in [6, 6.07) is 5.41. The van der Waals surface area contributed by atoms with E-state index in [1.54, 1.807) is 12.1 Å². The molecule has 2 unspecified atom stereocenters. The lowest BCUT2D eigenvalue weighted by atomic mass is 10.0. The van der Waals surface area contributed by atoms with Gasteiger partial charge >= 0.3 is 0 Å². The van der Waals surface area contributed by atoms with Crippen LogP contribution in [0.5, 0.6) is 5.75 Å². The molecule has 3 rings (SSSR count). The van der Waals surface area contributed by atoms with E-state index in [9.17, 15) is 4.39 Å². The van der Waals surface area contributed by atoms with Gasteiger partial charge in [-0.15, -0.1) is 0 Å². The van der Waals surface area contributed by atoms with Gasteiger partial charge in [-0.2, -0.15) is 0 Å². The molecule has 0 amide bonds. The number of likely N-dealkylation sites (N-methyl/N-ethyl adjacent to an activating group) is 1. The van der Waals surface area contributed by atoms with E-state index < -0.39 is 0 Å². The number of nitrogens with one attached hydrogen (secondary N) is 1. The first-order valence-electron chi connectivity index (χ1n) is 7.09. The molecule has 2 heterocycles. The minimum Gasteiger partial charge on any atom is -0.488 e. The highest BCUT2D eigenvalue weighted by Gasteiger charge is 2.27. The van der Waals surface area contributed by atoms with Crippen molar-refractivity contribution in [3.63, 3.8) is 0 Å². The lowest BCUT2D eigenvalue weighted by Crippen LogP contribution is -2.47. The summed E-state index contributed by atoms with van der Waals surface area (Å²) in [7, 11) is 2.03. The first-order chi connectivity index (χ1) is 9.24. The summed E-state index contributed by atoms with van der Waals surface area (Å²) in [5.74, 6) is 0.685. The molecule has 1 aromatic rings. The monoisotopic (exact) mass is 264 g/mol. The van der Waals surface area contributed by atoms with Crippen molar-refractivity contribution in [1.82, 2.24) is 10.2 Å². The Hall–Kier alpha value is -1.13. The van der Waals surface area contributed by atoms with E-state index in [1.807, 2.05) is 7.05 Å². The fourth-order valence-electron chi connectivity index (χ4n) is 3.14. The average Bonchev–Trinajstić information content (AvgIpc) is 2.80. The van der Waals surface area contributed by atoms with E-state index in [0.717, 1.165) is 37.4 Å². The van der Waals surface area contributed by atoms with Crippen LogP contribution in [-0.4, -0.2) is 43.7 Å². The van der Waals surface area contributed by atoms with Crippen molar-refractivity contribution >= 4 is 0 Å². The van der Waals surface area contributed by atoms with Crippen molar-refractivity contribution in [2.45, 2.75) is 31.4 Å². The molecule has 4 heteroatoms. The fourth-order valence-corrected chi connectivity index (χ4v) is 3.14. The predicted octanol–water partition coefficient (Wildman–Crippen LogP) is 1.81. The molecule has 1 saturated heterocycles. The van der Waals surface area contributed by atoms with Gasteiger partial charge in [0.05, 0.1) is 0 Å². The van der Waals surface area contributed by atoms with Gasteiger partial charge in [0.25, 0.3) is 0 Å². The average molecular weight is 264 g/mol. The van der Waals surface area contributed by atoms with Crippen molar-refractivity contribution in [2.24, 2.45) is 0 Å². The number of rotatable bonds is 3. The smallest absolute Gasteiger partial charge is 0.123 e. The fraction of sp³-hybridized carbons (Fsp3) is 0.600. The Balaban J connectivity index is 1.58. The Morgan fingerprint density at radius 2 is 2.37 bits per heavy atom. The molecule has 0 bridgehead atoms. The molecule has 0 aromatic heterocycles. The number of fused-ring (bicyclic) bond motifs is 1. The summed E-state index contributed by atoms with van der Waals surface area (Å²) >= 11 is 0. The van der Waals surface area contributed by atoms with Crippen molar-refractivity contribution < 1.29 is 9.13 Å². The topological polar surface area (TPSA) is 24.5 Å². The van der Waals surface area contributed by atoms with Crippen LogP contribution in [0.15, 0.2) is 18.2 Å². The summed E-state index contributed by atoms with van der Waals surface area (Å²) in [6.07, 6.45) is 3.49. The van der Waals surface area contributed by atoms with E-state index in [1.165, 1.54) is 18.9 Å². The highest BCUT2D eigenvalue weighted by atomic mass is 19.1. The Morgan fingerprint density at radius 1 is 1.47 bits per heavy atom. The Kier molecular flexibility index (Phi) is 3.71. The number of benzene rings is 1. The van der Waals surface area contributed by atoms with Crippen LogP contribution in [-0.2, 0) is 6.42 Å². The third kappa shape index (κ3) is 2.90. The molecule has 3 nitrogen and oxygen atoms in total. The summed E-state index contributed by atoms with van der Waals surface area (Å²) in [5, 5.41) is 3.35. The first kappa shape index (κ1) is 12.9. The number of hydrogen-bond donors (Lipinski definition) is 1. The Bertz CT molecular complexity index is 452. The Morgan fingerprint density at radius 3 is 3.21 bits per heavy atom. The molecular weight excluding hydrogens is 243 g/mol. The van der Waals surface area contributed by atoms with Crippen molar-refractivity contribution in [3.05, 3.63) is 29.6 Å². The van der Waals surface area contributed by atoms with E-state index >= 15 is 0 Å². The zero-order valence-corrected chi connectivity index (χ0v) is 11.4. The molecule has 0 radical (unpaired) electrons. The second-order valence-corrected chi connectivity index (χ2v) is 5.58. The molecule has 2 atom stereocenters. The lowest BCUT2D eigenvalue weighted by molar-refractivity contribution is 0.121. The Labute approximate surface area is 113 Å². The first-order valence-corrected chi connectivity index (χ1v) is 7.09. The summed E-state index contributed by atoms with van der Waals surface area (Å²) in [6.45, 7) is 3.16. The van der Waals surface area contributed by atoms with E-state index in [0.29, 0.717) is 6.04 Å². The van der Waals surface area contributed by atoms with Crippen LogP contribution in [0, 0.1) is 5.82 Å². The molecule has 2 aliphatic rings. The normalized spacial score (nSPS) is 27.1. The molecule has 0 saturated carbocycles. The highest BCUT2D eigenvalue weighted by Crippen LogP contribution is 2.29. The van der Waals surface area contributed by atoms with Crippen LogP contribution in [0.3, 0.4) is 0 Å². The number of hydrogen-bond acceptors (Lipinski definition) is 3.